The number of anilines is 1. The summed E-state index contributed by atoms with van der Waals surface area (Å²) in [7, 11) is 1.59. The van der Waals surface area contributed by atoms with Gasteiger partial charge in [0.2, 0.25) is 0 Å². The summed E-state index contributed by atoms with van der Waals surface area (Å²) in [5.41, 5.74) is 0.897. The van der Waals surface area contributed by atoms with Gasteiger partial charge in [-0.15, -0.1) is 17.0 Å². The van der Waals surface area contributed by atoms with Crippen LogP contribution in [0, 0.1) is 0 Å². The summed E-state index contributed by atoms with van der Waals surface area (Å²) >= 11 is 5.99. The normalized spacial score (nSPS) is 13.5. The topological polar surface area (TPSA) is 45.6 Å². The first kappa shape index (κ1) is 13.1. The lowest BCUT2D eigenvalue weighted by Gasteiger charge is -2.08. The van der Waals surface area contributed by atoms with E-state index in [0.717, 1.165) is 24.7 Å². The third-order valence-corrected chi connectivity index (χ3v) is 2.38. The molecule has 0 aromatic heterocycles. The maximum Gasteiger partial charge on any atom is 0.195 e. The van der Waals surface area contributed by atoms with Crippen LogP contribution in [0.5, 0.6) is 5.75 Å². The molecule has 0 radical (unpaired) electrons. The van der Waals surface area contributed by atoms with Crippen molar-refractivity contribution in [1.82, 2.24) is 5.32 Å². The molecule has 0 aliphatic carbocycles. The number of nitrogens with zero attached hydrogens (tertiary/aromatic N) is 1. The first-order valence-corrected chi connectivity index (χ1v) is 5.06. The van der Waals surface area contributed by atoms with E-state index in [2.05, 4.69) is 15.6 Å². The van der Waals surface area contributed by atoms with Crippen molar-refractivity contribution < 1.29 is 4.74 Å². The molecular weight excluding hydrogens is 293 g/mol. The van der Waals surface area contributed by atoms with Gasteiger partial charge in [0, 0.05) is 12.2 Å². The molecule has 1 heterocycles. The van der Waals surface area contributed by atoms with Crippen molar-refractivity contribution >= 4 is 40.2 Å². The summed E-state index contributed by atoms with van der Waals surface area (Å²) in [4.78, 5) is 4.22. The fourth-order valence-electron chi connectivity index (χ4n) is 1.36. The molecule has 0 amide bonds. The molecule has 0 saturated heterocycles. The number of guanidine groups is 1. The number of benzene rings is 1. The molecule has 2 rings (SSSR count). The second kappa shape index (κ2) is 5.96. The lowest BCUT2D eigenvalue weighted by molar-refractivity contribution is 0.415. The van der Waals surface area contributed by atoms with Crippen molar-refractivity contribution in [2.24, 2.45) is 4.99 Å². The van der Waals surface area contributed by atoms with Crippen molar-refractivity contribution in [2.75, 3.05) is 25.5 Å². The highest BCUT2D eigenvalue weighted by atomic mass is 79.9. The summed E-state index contributed by atoms with van der Waals surface area (Å²) in [6.45, 7) is 1.69. The molecule has 1 aliphatic rings. The Kier molecular flexibility index (Phi) is 4.89. The van der Waals surface area contributed by atoms with Gasteiger partial charge in [0.15, 0.2) is 5.96 Å². The maximum atomic E-state index is 5.99. The lowest BCUT2D eigenvalue weighted by Crippen LogP contribution is -2.26. The quantitative estimate of drug-likeness (QED) is 0.881. The molecule has 16 heavy (non-hydrogen) atoms. The number of hydrogen-bond donors (Lipinski definition) is 2. The Labute approximate surface area is 110 Å². The number of rotatable bonds is 2. The first-order chi connectivity index (χ1) is 7.29. The van der Waals surface area contributed by atoms with Crippen molar-refractivity contribution in [3.63, 3.8) is 0 Å². The number of halogens is 2. The van der Waals surface area contributed by atoms with Crippen LogP contribution in [0.3, 0.4) is 0 Å². The molecule has 2 N–H and O–H groups in total. The third-order valence-electron chi connectivity index (χ3n) is 2.09. The number of nitrogens with one attached hydrogen (secondary N) is 2. The summed E-state index contributed by atoms with van der Waals surface area (Å²) < 4.78 is 5.06. The van der Waals surface area contributed by atoms with E-state index in [1.807, 2.05) is 18.2 Å². The Morgan fingerprint density at radius 2 is 2.31 bits per heavy atom. The molecule has 0 bridgehead atoms. The molecule has 6 heteroatoms. The second-order valence-electron chi connectivity index (χ2n) is 3.13. The Morgan fingerprint density at radius 1 is 1.50 bits per heavy atom. The minimum Gasteiger partial charge on any atom is -0.495 e. The standard InChI is InChI=1S/C10H12ClN3O.BrH/c1-15-9-3-2-7(6-8(9)11)14-10-12-4-5-13-10;/h2-3,6H,4-5H2,1H3,(H2,12,13,14);1H. The summed E-state index contributed by atoms with van der Waals surface area (Å²) in [6.07, 6.45) is 0. The minimum atomic E-state index is 0. The number of ether oxygens (including phenoxy) is 1. The van der Waals surface area contributed by atoms with Crippen LogP contribution in [0.25, 0.3) is 0 Å². The van der Waals surface area contributed by atoms with Crippen molar-refractivity contribution in [3.05, 3.63) is 23.2 Å². The van der Waals surface area contributed by atoms with Crippen molar-refractivity contribution in [2.45, 2.75) is 0 Å². The van der Waals surface area contributed by atoms with Crippen LogP contribution in [0.4, 0.5) is 5.69 Å². The number of hydrogen-bond acceptors (Lipinski definition) is 4. The summed E-state index contributed by atoms with van der Waals surface area (Å²) in [5.74, 6) is 1.46. The van der Waals surface area contributed by atoms with E-state index in [-0.39, 0.29) is 17.0 Å². The Morgan fingerprint density at radius 3 is 2.88 bits per heavy atom. The molecule has 1 aromatic carbocycles. The molecule has 0 atom stereocenters. The molecule has 0 saturated carbocycles. The van der Waals surface area contributed by atoms with Gasteiger partial charge >= 0.3 is 0 Å². The van der Waals surface area contributed by atoms with E-state index in [4.69, 9.17) is 16.3 Å². The smallest absolute Gasteiger partial charge is 0.195 e. The van der Waals surface area contributed by atoms with Crippen LogP contribution in [0.15, 0.2) is 23.2 Å². The monoisotopic (exact) mass is 305 g/mol. The average molecular weight is 307 g/mol. The average Bonchev–Trinajstić information content (AvgIpc) is 2.71. The lowest BCUT2D eigenvalue weighted by atomic mass is 10.3. The zero-order chi connectivity index (χ0) is 10.7. The van der Waals surface area contributed by atoms with Gasteiger partial charge < -0.3 is 15.4 Å². The first-order valence-electron chi connectivity index (χ1n) is 4.68. The van der Waals surface area contributed by atoms with E-state index < -0.39 is 0 Å². The van der Waals surface area contributed by atoms with Gasteiger partial charge in [-0.1, -0.05) is 11.6 Å². The van der Waals surface area contributed by atoms with Gasteiger partial charge in [0.1, 0.15) is 5.75 Å². The third kappa shape index (κ3) is 3.02. The fourth-order valence-corrected chi connectivity index (χ4v) is 1.62. The van der Waals surface area contributed by atoms with E-state index in [1.165, 1.54) is 0 Å². The molecular formula is C10H13BrClN3O. The van der Waals surface area contributed by atoms with E-state index >= 15 is 0 Å². The summed E-state index contributed by atoms with van der Waals surface area (Å²) in [6, 6.07) is 5.52. The van der Waals surface area contributed by atoms with Crippen LogP contribution >= 0.6 is 28.6 Å². The SMILES string of the molecule is Br.COc1ccc(NC2=NCCN2)cc1Cl. The highest BCUT2D eigenvalue weighted by Gasteiger charge is 2.06. The molecule has 0 spiro atoms. The van der Waals surface area contributed by atoms with E-state index in [0.29, 0.717) is 10.8 Å². The zero-order valence-corrected chi connectivity index (χ0v) is 11.3. The number of aliphatic imine (C=N–C) groups is 1. The van der Waals surface area contributed by atoms with E-state index in [9.17, 15) is 0 Å². The number of methoxy groups -OCH3 is 1. The largest absolute Gasteiger partial charge is 0.495 e. The van der Waals surface area contributed by atoms with Gasteiger partial charge in [0.25, 0.3) is 0 Å². The van der Waals surface area contributed by atoms with Crippen molar-refractivity contribution in [1.29, 1.82) is 0 Å². The van der Waals surface area contributed by atoms with Crippen LogP contribution in [-0.4, -0.2) is 26.2 Å². The van der Waals surface area contributed by atoms with Gasteiger partial charge in [-0.2, -0.15) is 0 Å². The minimum absolute atomic E-state index is 0. The Balaban J connectivity index is 0.00000128. The zero-order valence-electron chi connectivity index (χ0n) is 8.79. The molecule has 0 fully saturated rings. The van der Waals surface area contributed by atoms with Gasteiger partial charge in [-0.05, 0) is 18.2 Å². The Hall–Kier alpha value is -0.940. The molecule has 1 aliphatic heterocycles. The van der Waals surface area contributed by atoms with Crippen LogP contribution in [0.2, 0.25) is 5.02 Å². The van der Waals surface area contributed by atoms with Gasteiger partial charge in [-0.3, -0.25) is 4.99 Å². The van der Waals surface area contributed by atoms with Crippen LogP contribution < -0.4 is 15.4 Å². The maximum absolute atomic E-state index is 5.99. The second-order valence-corrected chi connectivity index (χ2v) is 3.54. The molecule has 4 nitrogen and oxygen atoms in total. The molecule has 88 valence electrons. The van der Waals surface area contributed by atoms with Crippen LogP contribution in [-0.2, 0) is 0 Å². The predicted octanol–water partition coefficient (Wildman–Crippen LogP) is 2.30. The predicted molar refractivity (Wildman–Crippen MR) is 72.3 cm³/mol. The molecule has 0 unspecified atom stereocenters. The fraction of sp³-hybridized carbons (Fsp3) is 0.300. The van der Waals surface area contributed by atoms with E-state index in [1.54, 1.807) is 7.11 Å². The molecule has 1 aromatic rings. The van der Waals surface area contributed by atoms with Gasteiger partial charge in [0.05, 0.1) is 18.7 Å². The summed E-state index contributed by atoms with van der Waals surface area (Å²) in [5, 5.41) is 6.83. The van der Waals surface area contributed by atoms with Gasteiger partial charge in [-0.25, -0.2) is 0 Å². The van der Waals surface area contributed by atoms with Crippen LogP contribution in [0.1, 0.15) is 0 Å². The Bertz CT molecular complexity index is 398. The highest BCUT2D eigenvalue weighted by Crippen LogP contribution is 2.27. The van der Waals surface area contributed by atoms with Crippen molar-refractivity contribution in [3.8, 4) is 5.75 Å². The highest BCUT2D eigenvalue weighted by molar-refractivity contribution is 8.93.